The molecule has 6 nitrogen and oxygen atoms in total. The van der Waals surface area contributed by atoms with Crippen LogP contribution in [-0.2, 0) is 25.5 Å². The number of aromatic amines is 1. The van der Waals surface area contributed by atoms with Gasteiger partial charge in [0.15, 0.2) is 0 Å². The number of hydrogen-bond acceptors (Lipinski definition) is 5. The van der Waals surface area contributed by atoms with Crippen LogP contribution >= 0.6 is 0 Å². The van der Waals surface area contributed by atoms with Crippen molar-refractivity contribution in [2.45, 2.75) is 6.42 Å². The zero-order valence-electron chi connectivity index (χ0n) is 15.7. The zero-order chi connectivity index (χ0) is 19.9. The maximum Gasteiger partial charge on any atom is 0.345 e. The van der Waals surface area contributed by atoms with Gasteiger partial charge in [-0.25, -0.2) is 9.59 Å². The maximum atomic E-state index is 11.7. The summed E-state index contributed by atoms with van der Waals surface area (Å²) in [5.41, 5.74) is 2.72. The van der Waals surface area contributed by atoms with E-state index in [2.05, 4.69) is 26.6 Å². The lowest BCUT2D eigenvalue weighted by Gasteiger charge is -2.06. The van der Waals surface area contributed by atoms with Crippen LogP contribution in [0.25, 0.3) is 17.0 Å². The second-order valence-corrected chi connectivity index (χ2v) is 6.09. The summed E-state index contributed by atoms with van der Waals surface area (Å²) in [7, 11) is 2.42. The average Bonchev–Trinajstić information content (AvgIpc) is 3.14. The van der Waals surface area contributed by atoms with Gasteiger partial charge in [0.05, 0.1) is 20.8 Å². The first-order chi connectivity index (χ1) is 13.6. The molecule has 6 heteroatoms. The predicted molar refractivity (Wildman–Crippen MR) is 106 cm³/mol. The Morgan fingerprint density at radius 3 is 2.29 bits per heavy atom. The minimum absolute atomic E-state index is 0.169. The number of para-hydroxylation sites is 1. The van der Waals surface area contributed by atoms with Crippen LogP contribution in [-0.4, -0.2) is 37.7 Å². The molecule has 0 saturated carbocycles. The Balaban J connectivity index is 1.61. The molecule has 0 aliphatic rings. The summed E-state index contributed by atoms with van der Waals surface area (Å²) in [5, 5.41) is 1.18. The Morgan fingerprint density at radius 1 is 0.964 bits per heavy atom. The van der Waals surface area contributed by atoms with Crippen LogP contribution in [0, 0.1) is 0 Å². The van der Waals surface area contributed by atoms with Gasteiger partial charge in [-0.3, -0.25) is 0 Å². The topological polar surface area (TPSA) is 77.6 Å². The lowest BCUT2D eigenvalue weighted by atomic mass is 10.1. The third-order valence-corrected chi connectivity index (χ3v) is 4.23. The number of rotatable bonds is 7. The number of carbonyl (C=O) groups excluding carboxylic acids is 2. The minimum atomic E-state index is -0.745. The summed E-state index contributed by atoms with van der Waals surface area (Å²) in [5.74, 6) is -0.790. The van der Waals surface area contributed by atoms with Crippen LogP contribution in [0.1, 0.15) is 11.3 Å². The number of ether oxygens (including phenoxy) is 3. The van der Waals surface area contributed by atoms with Crippen molar-refractivity contribution in [1.82, 2.24) is 4.98 Å². The summed E-state index contributed by atoms with van der Waals surface area (Å²) in [6.45, 7) is 0.525. The Hall–Kier alpha value is -3.54. The maximum absolute atomic E-state index is 11.7. The molecule has 0 radical (unpaired) electrons. The van der Waals surface area contributed by atoms with Crippen LogP contribution in [0.3, 0.4) is 0 Å². The summed E-state index contributed by atoms with van der Waals surface area (Å²) in [6.07, 6.45) is 2.18. The van der Waals surface area contributed by atoms with Crippen molar-refractivity contribution in [1.29, 1.82) is 0 Å². The van der Waals surface area contributed by atoms with Gasteiger partial charge < -0.3 is 19.2 Å². The highest BCUT2D eigenvalue weighted by atomic mass is 16.5. The molecule has 2 aromatic carbocycles. The van der Waals surface area contributed by atoms with Crippen LogP contribution < -0.4 is 4.74 Å². The van der Waals surface area contributed by atoms with E-state index < -0.39 is 11.9 Å². The molecule has 28 heavy (non-hydrogen) atoms. The lowest BCUT2D eigenvalue weighted by molar-refractivity contribution is -0.143. The largest absolute Gasteiger partial charge is 0.493 e. The van der Waals surface area contributed by atoms with Crippen molar-refractivity contribution in [3.8, 4) is 5.75 Å². The summed E-state index contributed by atoms with van der Waals surface area (Å²) in [6, 6.07) is 17.3. The normalized spacial score (nSPS) is 10.4. The van der Waals surface area contributed by atoms with Gasteiger partial charge in [-0.05, 0) is 41.3 Å². The highest BCUT2D eigenvalue weighted by molar-refractivity contribution is 6.17. The van der Waals surface area contributed by atoms with E-state index in [0.717, 1.165) is 17.6 Å². The smallest absolute Gasteiger partial charge is 0.345 e. The Labute approximate surface area is 162 Å². The lowest BCUT2D eigenvalue weighted by Crippen LogP contribution is -2.15. The SMILES string of the molecule is COC(=O)C(=Cc1ccc(OCCc2cc3ccccc3[nH]2)cc1)C(=O)OC. The minimum Gasteiger partial charge on any atom is -0.493 e. The Morgan fingerprint density at radius 2 is 1.64 bits per heavy atom. The monoisotopic (exact) mass is 379 g/mol. The van der Waals surface area contributed by atoms with Crippen molar-refractivity contribution < 1.29 is 23.8 Å². The first-order valence-corrected chi connectivity index (χ1v) is 8.78. The van der Waals surface area contributed by atoms with Crippen molar-refractivity contribution in [3.05, 3.63) is 71.4 Å². The van der Waals surface area contributed by atoms with Gasteiger partial charge in [0.25, 0.3) is 0 Å². The standard InChI is InChI=1S/C22H21NO5/c1-26-21(24)19(22(25)27-2)13-15-7-9-18(10-8-15)28-12-11-17-14-16-5-3-4-6-20(16)23-17/h3-10,13-14,23H,11-12H2,1-2H3. The van der Waals surface area contributed by atoms with Crippen LogP contribution in [0.15, 0.2) is 60.2 Å². The molecule has 0 aliphatic heterocycles. The molecule has 0 spiro atoms. The Kier molecular flexibility index (Phi) is 6.11. The van der Waals surface area contributed by atoms with Gasteiger partial charge >= 0.3 is 11.9 Å². The van der Waals surface area contributed by atoms with Gasteiger partial charge in [-0.2, -0.15) is 0 Å². The molecule has 0 saturated heterocycles. The number of methoxy groups -OCH3 is 2. The summed E-state index contributed by atoms with van der Waals surface area (Å²) >= 11 is 0. The number of fused-ring (bicyclic) bond motifs is 1. The fourth-order valence-corrected chi connectivity index (χ4v) is 2.80. The van der Waals surface area contributed by atoms with Crippen molar-refractivity contribution >= 4 is 28.9 Å². The molecule has 3 rings (SSSR count). The molecule has 0 unspecified atom stereocenters. The van der Waals surface area contributed by atoms with Crippen LogP contribution in [0.2, 0.25) is 0 Å². The second-order valence-electron chi connectivity index (χ2n) is 6.09. The first kappa shape index (κ1) is 19.2. The molecule has 0 aliphatic carbocycles. The zero-order valence-corrected chi connectivity index (χ0v) is 15.7. The van der Waals surface area contributed by atoms with Gasteiger partial charge in [-0.15, -0.1) is 0 Å². The molecule has 0 bridgehead atoms. The van der Waals surface area contributed by atoms with E-state index >= 15 is 0 Å². The molecule has 0 amide bonds. The fourth-order valence-electron chi connectivity index (χ4n) is 2.80. The van der Waals surface area contributed by atoms with Crippen molar-refractivity contribution in [2.75, 3.05) is 20.8 Å². The first-order valence-electron chi connectivity index (χ1n) is 8.78. The number of aromatic nitrogens is 1. The van der Waals surface area contributed by atoms with Crippen molar-refractivity contribution in [3.63, 3.8) is 0 Å². The molecule has 3 aromatic rings. The molecular weight excluding hydrogens is 358 g/mol. The fraction of sp³-hybridized carbons (Fsp3) is 0.182. The number of benzene rings is 2. The Bertz CT molecular complexity index is 950. The number of carbonyl (C=O) groups is 2. The molecule has 0 atom stereocenters. The van der Waals surface area contributed by atoms with Gasteiger partial charge in [0.2, 0.25) is 0 Å². The van der Waals surface area contributed by atoms with E-state index in [1.165, 1.54) is 25.7 Å². The van der Waals surface area contributed by atoms with Gasteiger partial charge in [0.1, 0.15) is 11.3 Å². The van der Waals surface area contributed by atoms with E-state index in [1.807, 2.05) is 18.2 Å². The summed E-state index contributed by atoms with van der Waals surface area (Å²) < 4.78 is 15.0. The van der Waals surface area contributed by atoms with Crippen LogP contribution in [0.4, 0.5) is 0 Å². The van der Waals surface area contributed by atoms with E-state index in [0.29, 0.717) is 17.9 Å². The number of hydrogen-bond donors (Lipinski definition) is 1. The average molecular weight is 379 g/mol. The van der Waals surface area contributed by atoms with E-state index in [1.54, 1.807) is 24.3 Å². The molecule has 1 N–H and O–H groups in total. The number of H-pyrrole nitrogens is 1. The second kappa shape index (κ2) is 8.90. The predicted octanol–water partition coefficient (Wildman–Crippen LogP) is 3.52. The van der Waals surface area contributed by atoms with Crippen LogP contribution in [0.5, 0.6) is 5.75 Å². The third-order valence-electron chi connectivity index (χ3n) is 4.23. The molecule has 1 aromatic heterocycles. The van der Waals surface area contributed by atoms with Crippen molar-refractivity contribution in [2.24, 2.45) is 0 Å². The number of esters is 2. The van der Waals surface area contributed by atoms with Gasteiger partial charge in [-0.1, -0.05) is 30.3 Å². The highest BCUT2D eigenvalue weighted by Gasteiger charge is 2.19. The third kappa shape index (κ3) is 4.59. The number of nitrogens with one attached hydrogen (secondary N) is 1. The summed E-state index contributed by atoms with van der Waals surface area (Å²) in [4.78, 5) is 26.8. The quantitative estimate of drug-likeness (QED) is 0.294. The molecule has 0 fully saturated rings. The van der Waals surface area contributed by atoms with E-state index in [4.69, 9.17) is 4.74 Å². The molecule has 144 valence electrons. The molecular formula is C22H21NO5. The molecule has 1 heterocycles. The van der Waals surface area contributed by atoms with E-state index in [-0.39, 0.29) is 5.57 Å². The van der Waals surface area contributed by atoms with E-state index in [9.17, 15) is 9.59 Å². The highest BCUT2D eigenvalue weighted by Crippen LogP contribution is 2.18. The van der Waals surface area contributed by atoms with Gasteiger partial charge in [0, 0.05) is 17.6 Å².